The van der Waals surface area contributed by atoms with Crippen LogP contribution in [0, 0.1) is 5.92 Å². The molecule has 0 heterocycles. The van der Waals surface area contributed by atoms with Crippen LogP contribution in [0.5, 0.6) is 5.75 Å². The molecule has 1 N–H and O–H groups in total. The number of carbonyl (C=O) groups excluding carboxylic acids is 1. The molecule has 0 aliphatic heterocycles. The summed E-state index contributed by atoms with van der Waals surface area (Å²) in [6.45, 7) is 5.72. The zero-order valence-electron chi connectivity index (χ0n) is 17.9. The van der Waals surface area contributed by atoms with Crippen molar-refractivity contribution < 1.29 is 17.9 Å². The first-order valence-electron chi connectivity index (χ1n) is 9.72. The van der Waals surface area contributed by atoms with Crippen LogP contribution in [0.2, 0.25) is 5.02 Å². The number of ether oxygens (including phenoxy) is 1. The molecule has 0 aromatic heterocycles. The largest absolute Gasteiger partial charge is 0.497 e. The van der Waals surface area contributed by atoms with Crippen LogP contribution in [0.1, 0.15) is 38.8 Å². The van der Waals surface area contributed by atoms with Crippen molar-refractivity contribution in [1.29, 1.82) is 0 Å². The van der Waals surface area contributed by atoms with Gasteiger partial charge in [-0.3, -0.25) is 9.10 Å². The summed E-state index contributed by atoms with van der Waals surface area (Å²) in [6, 6.07) is 12.7. The van der Waals surface area contributed by atoms with Gasteiger partial charge in [0.1, 0.15) is 11.8 Å². The number of halogens is 1. The Kier molecular flexibility index (Phi) is 8.15. The third-order valence-corrected chi connectivity index (χ3v) is 6.20. The first-order valence-corrected chi connectivity index (χ1v) is 11.9. The maximum Gasteiger partial charge on any atom is 0.244 e. The van der Waals surface area contributed by atoms with Crippen molar-refractivity contribution in [2.45, 2.75) is 39.3 Å². The van der Waals surface area contributed by atoms with Gasteiger partial charge in [0.2, 0.25) is 15.9 Å². The van der Waals surface area contributed by atoms with E-state index in [4.69, 9.17) is 16.3 Å². The fraction of sp³-hybridized carbons (Fsp3) is 0.409. The molecule has 164 valence electrons. The fourth-order valence-electron chi connectivity index (χ4n) is 3.28. The molecular formula is C22H29ClN2O4S. The summed E-state index contributed by atoms with van der Waals surface area (Å²) in [5.41, 5.74) is 1.32. The summed E-state index contributed by atoms with van der Waals surface area (Å²) >= 11 is 5.92. The highest BCUT2D eigenvalue weighted by atomic mass is 35.5. The van der Waals surface area contributed by atoms with E-state index >= 15 is 0 Å². The second-order valence-electron chi connectivity index (χ2n) is 7.68. The van der Waals surface area contributed by atoms with Crippen molar-refractivity contribution in [3.8, 4) is 5.75 Å². The number of rotatable bonds is 9. The lowest BCUT2D eigenvalue weighted by Crippen LogP contribution is -2.48. The lowest BCUT2D eigenvalue weighted by molar-refractivity contribution is -0.122. The second kappa shape index (κ2) is 10.2. The van der Waals surface area contributed by atoms with Crippen LogP contribution in [-0.2, 0) is 14.8 Å². The van der Waals surface area contributed by atoms with Gasteiger partial charge in [-0.05, 0) is 61.2 Å². The smallest absolute Gasteiger partial charge is 0.244 e. The van der Waals surface area contributed by atoms with E-state index in [2.05, 4.69) is 19.2 Å². The average Bonchev–Trinajstić information content (AvgIpc) is 2.67. The number of nitrogens with one attached hydrogen (secondary N) is 1. The molecule has 0 bridgehead atoms. The van der Waals surface area contributed by atoms with E-state index in [-0.39, 0.29) is 11.9 Å². The normalized spacial score (nSPS) is 13.6. The molecule has 1 amide bonds. The van der Waals surface area contributed by atoms with Gasteiger partial charge < -0.3 is 10.1 Å². The summed E-state index contributed by atoms with van der Waals surface area (Å²) in [4.78, 5) is 13.1. The van der Waals surface area contributed by atoms with Crippen LogP contribution >= 0.6 is 11.6 Å². The minimum atomic E-state index is -3.69. The molecule has 0 fully saturated rings. The van der Waals surface area contributed by atoms with Crippen LogP contribution in [0.4, 0.5) is 5.69 Å². The number of benzene rings is 2. The molecular weight excluding hydrogens is 424 g/mol. The van der Waals surface area contributed by atoms with E-state index in [1.165, 1.54) is 0 Å². The Bertz CT molecular complexity index is 944. The Morgan fingerprint density at radius 1 is 1.07 bits per heavy atom. The summed E-state index contributed by atoms with van der Waals surface area (Å²) in [7, 11) is -2.10. The number of hydrogen-bond donors (Lipinski definition) is 1. The highest BCUT2D eigenvalue weighted by Gasteiger charge is 2.30. The van der Waals surface area contributed by atoms with Gasteiger partial charge in [-0.25, -0.2) is 8.42 Å². The summed E-state index contributed by atoms with van der Waals surface area (Å²) in [5, 5.41) is 3.51. The number of carbonyl (C=O) groups is 1. The highest BCUT2D eigenvalue weighted by molar-refractivity contribution is 7.92. The topological polar surface area (TPSA) is 75.7 Å². The zero-order valence-corrected chi connectivity index (χ0v) is 19.5. The average molecular weight is 453 g/mol. The van der Waals surface area contributed by atoms with Crippen LogP contribution < -0.4 is 14.4 Å². The molecule has 0 saturated heterocycles. The second-order valence-corrected chi connectivity index (χ2v) is 9.97. The van der Waals surface area contributed by atoms with Gasteiger partial charge in [-0.1, -0.05) is 37.6 Å². The minimum Gasteiger partial charge on any atom is -0.497 e. The molecule has 0 aliphatic carbocycles. The standard InChI is InChI=1S/C22H29ClN2O4S/c1-15(2)14-21(17-6-12-20(29-4)13-7-17)24-22(26)16(3)25(30(5,27)28)19-10-8-18(23)9-11-19/h6-13,15-16,21H,14H2,1-5H3,(H,24,26). The van der Waals surface area contributed by atoms with Crippen molar-refractivity contribution in [1.82, 2.24) is 5.32 Å². The van der Waals surface area contributed by atoms with Crippen molar-refractivity contribution in [3.05, 3.63) is 59.1 Å². The predicted octanol–water partition coefficient (Wildman–Crippen LogP) is 4.41. The Labute approximate surface area is 184 Å². The number of methoxy groups -OCH3 is 1. The number of amides is 1. The summed E-state index contributed by atoms with van der Waals surface area (Å²) in [6.07, 6.45) is 1.80. The molecule has 0 spiro atoms. The number of sulfonamides is 1. The van der Waals surface area contributed by atoms with E-state index in [9.17, 15) is 13.2 Å². The maximum absolute atomic E-state index is 13.1. The molecule has 2 aromatic carbocycles. The van der Waals surface area contributed by atoms with Crippen molar-refractivity contribution in [3.63, 3.8) is 0 Å². The molecule has 30 heavy (non-hydrogen) atoms. The van der Waals surface area contributed by atoms with Crippen LogP contribution in [0.3, 0.4) is 0 Å². The number of anilines is 1. The lowest BCUT2D eigenvalue weighted by Gasteiger charge is -2.30. The van der Waals surface area contributed by atoms with E-state index in [0.717, 1.165) is 21.9 Å². The monoisotopic (exact) mass is 452 g/mol. The fourth-order valence-corrected chi connectivity index (χ4v) is 4.58. The Morgan fingerprint density at radius 3 is 2.10 bits per heavy atom. The highest BCUT2D eigenvalue weighted by Crippen LogP contribution is 2.26. The third kappa shape index (κ3) is 6.37. The summed E-state index contributed by atoms with van der Waals surface area (Å²) < 4.78 is 31.2. The van der Waals surface area contributed by atoms with Gasteiger partial charge in [0.15, 0.2) is 0 Å². The maximum atomic E-state index is 13.1. The van der Waals surface area contributed by atoms with Crippen LogP contribution in [0.25, 0.3) is 0 Å². The Balaban J connectivity index is 2.30. The van der Waals surface area contributed by atoms with Gasteiger partial charge >= 0.3 is 0 Å². The van der Waals surface area contributed by atoms with Gasteiger partial charge in [-0.2, -0.15) is 0 Å². The first kappa shape index (κ1) is 24.0. The molecule has 0 aliphatic rings. The van der Waals surface area contributed by atoms with Crippen LogP contribution in [0.15, 0.2) is 48.5 Å². The van der Waals surface area contributed by atoms with E-state index in [1.54, 1.807) is 38.3 Å². The number of hydrogen-bond acceptors (Lipinski definition) is 4. The van der Waals surface area contributed by atoms with Crippen molar-refractivity contribution >= 4 is 33.2 Å². The number of nitrogens with zero attached hydrogens (tertiary/aromatic N) is 1. The molecule has 2 rings (SSSR count). The van der Waals surface area contributed by atoms with Crippen molar-refractivity contribution in [2.24, 2.45) is 5.92 Å². The molecule has 6 nitrogen and oxygen atoms in total. The molecule has 0 saturated carbocycles. The Morgan fingerprint density at radius 2 is 1.63 bits per heavy atom. The quantitative estimate of drug-likeness (QED) is 0.611. The zero-order chi connectivity index (χ0) is 22.5. The predicted molar refractivity (Wildman–Crippen MR) is 122 cm³/mol. The SMILES string of the molecule is COc1ccc(C(CC(C)C)NC(=O)C(C)N(c2ccc(Cl)cc2)S(C)(=O)=O)cc1. The summed E-state index contributed by atoms with van der Waals surface area (Å²) in [5.74, 6) is 0.680. The van der Waals surface area contributed by atoms with Gasteiger partial charge in [0.05, 0.1) is 25.1 Å². The molecule has 2 unspecified atom stereocenters. The van der Waals surface area contributed by atoms with Crippen molar-refractivity contribution in [2.75, 3.05) is 17.7 Å². The minimum absolute atomic E-state index is 0.252. The molecule has 8 heteroatoms. The molecule has 2 atom stereocenters. The van der Waals surface area contributed by atoms with Gasteiger partial charge in [0.25, 0.3) is 0 Å². The van der Waals surface area contributed by atoms with Gasteiger partial charge in [-0.15, -0.1) is 0 Å². The Hall–Kier alpha value is -2.25. The third-order valence-electron chi connectivity index (χ3n) is 4.71. The van der Waals surface area contributed by atoms with Crippen LogP contribution in [-0.4, -0.2) is 33.7 Å². The molecule has 2 aromatic rings. The van der Waals surface area contributed by atoms with E-state index in [1.807, 2.05) is 24.3 Å². The van der Waals surface area contributed by atoms with Gasteiger partial charge in [0, 0.05) is 5.02 Å². The first-order chi connectivity index (χ1) is 14.0. The van der Waals surface area contributed by atoms with E-state index < -0.39 is 16.1 Å². The lowest BCUT2D eigenvalue weighted by atomic mass is 9.96. The van der Waals surface area contributed by atoms with E-state index in [0.29, 0.717) is 23.0 Å². The molecule has 0 radical (unpaired) electrons.